The third-order valence-electron chi connectivity index (χ3n) is 4.18. The average Bonchev–Trinajstić information content (AvgIpc) is 3.17. The Morgan fingerprint density at radius 1 is 1.10 bits per heavy atom. The maximum Gasteiger partial charge on any atom is 0.341 e. The van der Waals surface area contributed by atoms with Crippen LogP contribution >= 0.6 is 43.2 Å². The maximum atomic E-state index is 12.6. The zero-order valence-corrected chi connectivity index (χ0v) is 20.7. The van der Waals surface area contributed by atoms with E-state index >= 15 is 0 Å². The molecule has 2 aromatic carbocycles. The molecule has 0 bridgehead atoms. The van der Waals surface area contributed by atoms with Crippen LogP contribution in [0, 0.1) is 0 Å². The fraction of sp³-hybridized carbons (Fsp3) is 0.182. The first-order valence-electron chi connectivity index (χ1n) is 9.23. The summed E-state index contributed by atoms with van der Waals surface area (Å²) >= 11 is 8.02. The maximum absolute atomic E-state index is 12.6. The number of carbonyl (C=O) groups excluding carboxylic acids is 2. The number of rotatable bonds is 8. The molecule has 6 nitrogen and oxygen atoms in total. The molecule has 3 aromatic rings. The van der Waals surface area contributed by atoms with Gasteiger partial charge in [0.1, 0.15) is 22.1 Å². The van der Waals surface area contributed by atoms with Crippen LogP contribution in [-0.4, -0.2) is 32.2 Å². The van der Waals surface area contributed by atoms with E-state index in [1.165, 1.54) is 11.3 Å². The second kappa shape index (κ2) is 10.8. The molecule has 1 amide bonds. The Bertz CT molecular complexity index is 1080. The summed E-state index contributed by atoms with van der Waals surface area (Å²) in [6, 6.07) is 12.7. The summed E-state index contributed by atoms with van der Waals surface area (Å²) in [4.78, 5) is 25.2. The van der Waals surface area contributed by atoms with Gasteiger partial charge in [-0.3, -0.25) is 4.79 Å². The molecule has 0 aliphatic heterocycles. The van der Waals surface area contributed by atoms with Crippen LogP contribution in [-0.2, 0) is 9.53 Å². The minimum absolute atomic E-state index is 0.210. The van der Waals surface area contributed by atoms with Crippen molar-refractivity contribution in [1.82, 2.24) is 0 Å². The molecular formula is C22H19Br2NO5S. The molecule has 0 radical (unpaired) electrons. The number of carbonyl (C=O) groups is 2. The van der Waals surface area contributed by atoms with Crippen LogP contribution in [0.3, 0.4) is 0 Å². The number of methoxy groups -OCH3 is 1. The number of benzene rings is 2. The van der Waals surface area contributed by atoms with Crippen LogP contribution in [0.5, 0.6) is 11.5 Å². The second-order valence-corrected chi connectivity index (χ2v) is 8.86. The first-order valence-corrected chi connectivity index (χ1v) is 11.7. The predicted molar refractivity (Wildman–Crippen MR) is 128 cm³/mol. The summed E-state index contributed by atoms with van der Waals surface area (Å²) in [5.41, 5.74) is 1.81. The number of halogens is 2. The zero-order valence-electron chi connectivity index (χ0n) is 16.7. The largest absolute Gasteiger partial charge is 0.497 e. The van der Waals surface area contributed by atoms with Crippen molar-refractivity contribution in [3.05, 3.63) is 62.4 Å². The molecule has 1 aromatic heterocycles. The lowest BCUT2D eigenvalue weighted by Crippen LogP contribution is -2.21. The van der Waals surface area contributed by atoms with Crippen LogP contribution in [0.4, 0.5) is 5.00 Å². The standard InChI is InChI=1S/C22H19Br2NO5S/c1-3-29-22(27)20-16(13-4-7-15(28-2)8-5-13)12-31-21(20)25-19(26)11-30-18-9-6-14(23)10-17(18)24/h4-10,12H,3,11H2,1-2H3,(H,25,26). The third-order valence-corrected chi connectivity index (χ3v) is 6.19. The van der Waals surface area contributed by atoms with E-state index in [2.05, 4.69) is 37.2 Å². The Kier molecular flexibility index (Phi) is 8.11. The van der Waals surface area contributed by atoms with Gasteiger partial charge in [-0.05, 0) is 58.7 Å². The monoisotopic (exact) mass is 567 g/mol. The Labute approximate surface area is 200 Å². The molecule has 1 N–H and O–H groups in total. The van der Waals surface area contributed by atoms with Crippen LogP contribution < -0.4 is 14.8 Å². The number of amides is 1. The number of anilines is 1. The smallest absolute Gasteiger partial charge is 0.341 e. The van der Waals surface area contributed by atoms with Gasteiger partial charge in [0.2, 0.25) is 0 Å². The van der Waals surface area contributed by atoms with E-state index in [1.54, 1.807) is 20.1 Å². The molecule has 0 fully saturated rings. The minimum Gasteiger partial charge on any atom is -0.497 e. The van der Waals surface area contributed by atoms with Crippen molar-refractivity contribution in [2.45, 2.75) is 6.92 Å². The van der Waals surface area contributed by atoms with Crippen molar-refractivity contribution >= 4 is 60.1 Å². The van der Waals surface area contributed by atoms with Crippen LogP contribution in [0.2, 0.25) is 0 Å². The Hall–Kier alpha value is -2.36. The van der Waals surface area contributed by atoms with Gasteiger partial charge in [0.25, 0.3) is 5.91 Å². The third kappa shape index (κ3) is 5.87. The van der Waals surface area contributed by atoms with E-state index in [9.17, 15) is 9.59 Å². The summed E-state index contributed by atoms with van der Waals surface area (Å²) in [5, 5.41) is 4.99. The summed E-state index contributed by atoms with van der Waals surface area (Å²) in [6.45, 7) is 1.75. The van der Waals surface area contributed by atoms with Gasteiger partial charge in [0.15, 0.2) is 6.61 Å². The van der Waals surface area contributed by atoms with E-state index in [1.807, 2.05) is 41.8 Å². The molecule has 0 atom stereocenters. The molecule has 0 aliphatic carbocycles. The van der Waals surface area contributed by atoms with E-state index < -0.39 is 5.97 Å². The molecule has 9 heteroatoms. The summed E-state index contributed by atoms with van der Waals surface area (Å²) in [7, 11) is 1.59. The molecule has 3 rings (SSSR count). The highest BCUT2D eigenvalue weighted by Gasteiger charge is 2.23. The van der Waals surface area contributed by atoms with Crippen LogP contribution in [0.25, 0.3) is 11.1 Å². The summed E-state index contributed by atoms with van der Waals surface area (Å²) < 4.78 is 17.6. The van der Waals surface area contributed by atoms with Gasteiger partial charge in [-0.2, -0.15) is 0 Å². The fourth-order valence-corrected chi connectivity index (χ4v) is 4.87. The van der Waals surface area contributed by atoms with E-state index in [0.29, 0.717) is 27.6 Å². The van der Waals surface area contributed by atoms with Crippen LogP contribution in [0.1, 0.15) is 17.3 Å². The van der Waals surface area contributed by atoms with Crippen molar-refractivity contribution < 1.29 is 23.8 Å². The number of ether oxygens (including phenoxy) is 3. The predicted octanol–water partition coefficient (Wildman–Crippen LogP) is 6.14. The first kappa shape index (κ1) is 23.3. The lowest BCUT2D eigenvalue weighted by molar-refractivity contribution is -0.118. The molecule has 0 saturated heterocycles. The summed E-state index contributed by atoms with van der Waals surface area (Å²) in [5.74, 6) is 0.362. The van der Waals surface area contributed by atoms with Gasteiger partial charge in [-0.25, -0.2) is 4.79 Å². The minimum atomic E-state index is -0.499. The normalized spacial score (nSPS) is 10.5. The highest BCUT2D eigenvalue weighted by Crippen LogP contribution is 2.37. The van der Waals surface area contributed by atoms with Crippen LogP contribution in [0.15, 0.2) is 56.8 Å². The Balaban J connectivity index is 1.80. The van der Waals surface area contributed by atoms with Gasteiger partial charge in [-0.15, -0.1) is 11.3 Å². The number of esters is 1. The lowest BCUT2D eigenvalue weighted by atomic mass is 10.0. The number of thiophene rings is 1. The number of hydrogen-bond donors (Lipinski definition) is 1. The Morgan fingerprint density at radius 2 is 1.84 bits per heavy atom. The molecule has 31 heavy (non-hydrogen) atoms. The highest BCUT2D eigenvalue weighted by molar-refractivity contribution is 9.11. The van der Waals surface area contributed by atoms with Crippen molar-refractivity contribution in [2.24, 2.45) is 0 Å². The molecule has 0 spiro atoms. The fourth-order valence-electron chi connectivity index (χ4n) is 2.74. The second-order valence-electron chi connectivity index (χ2n) is 6.21. The first-order chi connectivity index (χ1) is 14.9. The topological polar surface area (TPSA) is 73.9 Å². The molecular weight excluding hydrogens is 550 g/mol. The lowest BCUT2D eigenvalue weighted by Gasteiger charge is -2.11. The van der Waals surface area contributed by atoms with Crippen molar-refractivity contribution in [3.8, 4) is 22.6 Å². The van der Waals surface area contributed by atoms with Crippen molar-refractivity contribution in [1.29, 1.82) is 0 Å². The average molecular weight is 569 g/mol. The van der Waals surface area contributed by atoms with Gasteiger partial charge in [0, 0.05) is 15.4 Å². The molecule has 0 saturated carbocycles. The molecule has 0 unspecified atom stereocenters. The molecule has 0 aliphatic rings. The number of hydrogen-bond acceptors (Lipinski definition) is 6. The van der Waals surface area contributed by atoms with Gasteiger partial charge < -0.3 is 19.5 Å². The Morgan fingerprint density at radius 3 is 2.48 bits per heavy atom. The quantitative estimate of drug-likeness (QED) is 0.330. The van der Waals surface area contributed by atoms with Gasteiger partial charge in [-0.1, -0.05) is 28.1 Å². The zero-order chi connectivity index (χ0) is 22.4. The van der Waals surface area contributed by atoms with Crippen molar-refractivity contribution in [3.63, 3.8) is 0 Å². The van der Waals surface area contributed by atoms with E-state index in [0.717, 1.165) is 14.5 Å². The number of nitrogens with one attached hydrogen (secondary N) is 1. The SMILES string of the molecule is CCOC(=O)c1c(-c2ccc(OC)cc2)csc1NC(=O)COc1ccc(Br)cc1Br. The van der Waals surface area contributed by atoms with Gasteiger partial charge >= 0.3 is 5.97 Å². The van der Waals surface area contributed by atoms with E-state index in [4.69, 9.17) is 14.2 Å². The van der Waals surface area contributed by atoms with E-state index in [-0.39, 0.29) is 19.1 Å². The van der Waals surface area contributed by atoms with Crippen molar-refractivity contribution in [2.75, 3.05) is 25.6 Å². The summed E-state index contributed by atoms with van der Waals surface area (Å²) in [6.07, 6.45) is 0. The molecule has 1 heterocycles. The highest BCUT2D eigenvalue weighted by atomic mass is 79.9. The molecule has 162 valence electrons. The van der Waals surface area contributed by atoms with Gasteiger partial charge in [0.05, 0.1) is 18.2 Å².